The zero-order valence-electron chi connectivity index (χ0n) is 15.7. The quantitative estimate of drug-likeness (QED) is 0.387. The Bertz CT molecular complexity index is 751. The normalized spacial score (nSPS) is 16.9. The first-order valence-electron chi connectivity index (χ1n) is 8.81. The van der Waals surface area contributed by atoms with Gasteiger partial charge in [-0.15, -0.1) is 0 Å². The molecule has 4 heteroatoms. The fourth-order valence-electron chi connectivity index (χ4n) is 3.01. The fraction of sp³-hybridized carbons (Fsp3) is 0.364. The van der Waals surface area contributed by atoms with Crippen LogP contribution in [0.15, 0.2) is 59.9 Å². The second kappa shape index (κ2) is 9.18. The van der Waals surface area contributed by atoms with E-state index in [4.69, 9.17) is 9.47 Å². The first-order chi connectivity index (χ1) is 12.5. The topological polar surface area (TPSA) is 52.6 Å². The zero-order valence-corrected chi connectivity index (χ0v) is 15.7. The minimum atomic E-state index is -0.339. The van der Waals surface area contributed by atoms with Crippen LogP contribution in [0.25, 0.3) is 0 Å². The van der Waals surface area contributed by atoms with Gasteiger partial charge in [-0.3, -0.25) is 9.59 Å². The Morgan fingerprint density at radius 2 is 2.04 bits per heavy atom. The molecule has 0 saturated heterocycles. The smallest absolute Gasteiger partial charge is 0.203 e. The summed E-state index contributed by atoms with van der Waals surface area (Å²) in [5.74, 6) is 0.234. The van der Waals surface area contributed by atoms with Crippen molar-refractivity contribution in [2.45, 2.75) is 33.1 Å². The van der Waals surface area contributed by atoms with Crippen LogP contribution >= 0.6 is 0 Å². The molecule has 1 atom stereocenters. The van der Waals surface area contributed by atoms with Crippen molar-refractivity contribution >= 4 is 11.6 Å². The van der Waals surface area contributed by atoms with Gasteiger partial charge in [-0.1, -0.05) is 36.4 Å². The number of carbonyl (C=O) groups is 2. The lowest BCUT2D eigenvalue weighted by molar-refractivity contribution is -0.119. The Balaban J connectivity index is 2.38. The zero-order chi connectivity index (χ0) is 19.1. The van der Waals surface area contributed by atoms with E-state index in [9.17, 15) is 9.59 Å². The number of allylic oxidation sites excluding steroid dienone is 4. The highest BCUT2D eigenvalue weighted by Gasteiger charge is 2.35. The van der Waals surface area contributed by atoms with Crippen LogP contribution in [0.4, 0.5) is 0 Å². The van der Waals surface area contributed by atoms with Crippen LogP contribution in [0.3, 0.4) is 0 Å². The average molecular weight is 354 g/mol. The third-order valence-corrected chi connectivity index (χ3v) is 4.39. The molecule has 0 bridgehead atoms. The maximum atomic E-state index is 13.2. The Labute approximate surface area is 155 Å². The molecule has 26 heavy (non-hydrogen) atoms. The number of para-hydroxylation sites is 1. The molecule has 2 rings (SSSR count). The number of ketones is 2. The van der Waals surface area contributed by atoms with Gasteiger partial charge < -0.3 is 9.47 Å². The maximum Gasteiger partial charge on any atom is 0.203 e. The summed E-state index contributed by atoms with van der Waals surface area (Å²) in [6.45, 7) is 7.92. The molecule has 0 amide bonds. The highest BCUT2D eigenvalue weighted by Crippen LogP contribution is 2.33. The SMILES string of the molecule is C=CCOc1ccccc1C(=O)C1=C(OC)CC[C@H](CC=C(C)C)C1=O. The summed E-state index contributed by atoms with van der Waals surface area (Å²) in [6, 6.07) is 6.95. The van der Waals surface area contributed by atoms with E-state index in [2.05, 4.69) is 6.58 Å². The monoisotopic (exact) mass is 354 g/mol. The number of ether oxygens (including phenoxy) is 2. The molecule has 138 valence electrons. The lowest BCUT2D eigenvalue weighted by Crippen LogP contribution is -2.28. The van der Waals surface area contributed by atoms with Crippen LogP contribution in [0, 0.1) is 5.92 Å². The van der Waals surface area contributed by atoms with Crippen LogP contribution in [0.2, 0.25) is 0 Å². The van der Waals surface area contributed by atoms with Crippen molar-refractivity contribution in [1.82, 2.24) is 0 Å². The highest BCUT2D eigenvalue weighted by atomic mass is 16.5. The van der Waals surface area contributed by atoms with Gasteiger partial charge in [0, 0.05) is 12.3 Å². The number of Topliss-reactive ketones (excluding diaryl/α,β-unsaturated/α-hetero) is 2. The van der Waals surface area contributed by atoms with Gasteiger partial charge in [0.1, 0.15) is 23.7 Å². The largest absolute Gasteiger partial charge is 0.500 e. The number of rotatable bonds is 8. The standard InChI is InChI=1S/C22H26O4/c1-5-14-26-18-9-7-6-8-17(18)22(24)20-19(25-4)13-12-16(21(20)23)11-10-15(2)3/h5-10,16H,1,11-14H2,2-4H3/t16-/m0/s1. The Morgan fingerprint density at radius 3 is 2.69 bits per heavy atom. The highest BCUT2D eigenvalue weighted by molar-refractivity contribution is 6.28. The molecule has 0 fully saturated rings. The molecule has 1 aromatic carbocycles. The van der Waals surface area contributed by atoms with Crippen molar-refractivity contribution in [1.29, 1.82) is 0 Å². The van der Waals surface area contributed by atoms with Crippen molar-refractivity contribution in [2.24, 2.45) is 5.92 Å². The van der Waals surface area contributed by atoms with Gasteiger partial charge in [0.05, 0.1) is 12.7 Å². The summed E-state index contributed by atoms with van der Waals surface area (Å²) in [4.78, 5) is 26.2. The minimum Gasteiger partial charge on any atom is -0.500 e. The van der Waals surface area contributed by atoms with Gasteiger partial charge in [0.25, 0.3) is 0 Å². The molecule has 1 aromatic rings. The molecule has 0 saturated carbocycles. The van der Waals surface area contributed by atoms with Crippen LogP contribution in [0.5, 0.6) is 5.75 Å². The van der Waals surface area contributed by atoms with Gasteiger partial charge >= 0.3 is 0 Å². The van der Waals surface area contributed by atoms with Crippen LogP contribution < -0.4 is 4.74 Å². The number of hydrogen-bond donors (Lipinski definition) is 0. The van der Waals surface area contributed by atoms with Gasteiger partial charge in [0.15, 0.2) is 5.78 Å². The van der Waals surface area contributed by atoms with Crippen molar-refractivity contribution in [3.8, 4) is 5.75 Å². The Morgan fingerprint density at radius 1 is 1.31 bits per heavy atom. The summed E-state index contributed by atoms with van der Waals surface area (Å²) in [6.07, 6.45) is 5.58. The predicted molar refractivity (Wildman–Crippen MR) is 102 cm³/mol. The van der Waals surface area contributed by atoms with Crippen LogP contribution in [0.1, 0.15) is 43.5 Å². The number of benzene rings is 1. The molecule has 0 aromatic heterocycles. The maximum absolute atomic E-state index is 13.2. The van der Waals surface area contributed by atoms with Crippen molar-refractivity contribution in [3.05, 3.63) is 65.5 Å². The van der Waals surface area contributed by atoms with E-state index in [-0.39, 0.29) is 29.7 Å². The average Bonchev–Trinajstić information content (AvgIpc) is 2.64. The number of methoxy groups -OCH3 is 1. The van der Waals surface area contributed by atoms with Crippen molar-refractivity contribution in [2.75, 3.05) is 13.7 Å². The molecule has 0 heterocycles. The fourth-order valence-corrected chi connectivity index (χ4v) is 3.01. The second-order valence-corrected chi connectivity index (χ2v) is 6.54. The molecule has 0 N–H and O–H groups in total. The van der Waals surface area contributed by atoms with E-state index < -0.39 is 0 Å². The van der Waals surface area contributed by atoms with E-state index in [0.29, 0.717) is 36.3 Å². The van der Waals surface area contributed by atoms with Gasteiger partial charge in [-0.25, -0.2) is 0 Å². The van der Waals surface area contributed by atoms with Gasteiger partial charge in [-0.05, 0) is 38.8 Å². The first kappa shape index (κ1) is 19.7. The summed E-state index contributed by atoms with van der Waals surface area (Å²) in [5, 5.41) is 0. The van der Waals surface area contributed by atoms with E-state index in [1.165, 1.54) is 7.11 Å². The van der Waals surface area contributed by atoms with Gasteiger partial charge in [-0.2, -0.15) is 0 Å². The lowest BCUT2D eigenvalue weighted by Gasteiger charge is -2.24. The van der Waals surface area contributed by atoms with Gasteiger partial charge in [0.2, 0.25) is 5.78 Å². The van der Waals surface area contributed by atoms with Crippen molar-refractivity contribution < 1.29 is 19.1 Å². The number of hydrogen-bond acceptors (Lipinski definition) is 4. The molecular formula is C22H26O4. The molecular weight excluding hydrogens is 328 g/mol. The van der Waals surface area contributed by atoms with Crippen LogP contribution in [-0.4, -0.2) is 25.3 Å². The van der Waals surface area contributed by atoms with E-state index in [1.54, 1.807) is 30.3 Å². The summed E-state index contributed by atoms with van der Waals surface area (Å²) in [7, 11) is 1.51. The molecule has 0 unspecified atom stereocenters. The minimum absolute atomic E-state index is 0.144. The third kappa shape index (κ3) is 4.51. The summed E-state index contributed by atoms with van der Waals surface area (Å²) < 4.78 is 11.0. The van der Waals surface area contributed by atoms with E-state index in [0.717, 1.165) is 5.57 Å². The number of carbonyl (C=O) groups excluding carboxylic acids is 2. The van der Waals surface area contributed by atoms with Crippen molar-refractivity contribution in [3.63, 3.8) is 0 Å². The third-order valence-electron chi connectivity index (χ3n) is 4.39. The molecule has 1 aliphatic carbocycles. The first-order valence-corrected chi connectivity index (χ1v) is 8.81. The Hall–Kier alpha value is -2.62. The summed E-state index contributed by atoms with van der Waals surface area (Å²) in [5.41, 5.74) is 1.69. The van der Waals surface area contributed by atoms with E-state index >= 15 is 0 Å². The molecule has 0 aliphatic heterocycles. The van der Waals surface area contributed by atoms with E-state index in [1.807, 2.05) is 19.9 Å². The Kier molecular flexibility index (Phi) is 6.96. The lowest BCUT2D eigenvalue weighted by atomic mass is 9.81. The second-order valence-electron chi connectivity index (χ2n) is 6.54. The molecule has 0 spiro atoms. The van der Waals surface area contributed by atoms with Crippen LogP contribution in [-0.2, 0) is 9.53 Å². The molecule has 1 aliphatic rings. The molecule has 4 nitrogen and oxygen atoms in total. The molecule has 0 radical (unpaired) electrons. The predicted octanol–water partition coefficient (Wildman–Crippen LogP) is 4.67. The summed E-state index contributed by atoms with van der Waals surface area (Å²) >= 11 is 0.